The van der Waals surface area contributed by atoms with Crippen LogP contribution in [0.2, 0.25) is 0 Å². The second-order valence-electron chi connectivity index (χ2n) is 6.00. The molecule has 3 heteroatoms. The maximum Gasteiger partial charge on any atom is 0.129 e. The van der Waals surface area contributed by atoms with E-state index in [1.807, 2.05) is 0 Å². The highest BCUT2D eigenvalue weighted by atomic mass is 15.0. The van der Waals surface area contributed by atoms with Crippen LogP contribution >= 0.6 is 0 Å². The molecule has 0 amide bonds. The smallest absolute Gasteiger partial charge is 0.129 e. The molecule has 2 unspecified atom stereocenters. The Morgan fingerprint density at radius 3 is 3.00 bits per heavy atom. The average Bonchev–Trinajstić information content (AvgIpc) is 2.40. The molecule has 1 aromatic rings. The predicted octanol–water partition coefficient (Wildman–Crippen LogP) is 4.06. The van der Waals surface area contributed by atoms with Crippen molar-refractivity contribution in [1.82, 2.24) is 9.97 Å². The Morgan fingerprint density at radius 2 is 2.21 bits per heavy atom. The standard InChI is InChI=1S/C16H27N3/c1-3-5-15-11-16(19-12-18-15)17-9-8-14-7-4-6-13(2)10-14/h11-14H,3-10H2,1-2H3,(H,17,18,19). The minimum atomic E-state index is 0.910. The number of nitrogens with one attached hydrogen (secondary N) is 1. The van der Waals surface area contributed by atoms with Crippen molar-refractivity contribution in [2.75, 3.05) is 11.9 Å². The van der Waals surface area contributed by atoms with Crippen LogP contribution in [0.15, 0.2) is 12.4 Å². The van der Waals surface area contributed by atoms with Gasteiger partial charge in [-0.3, -0.25) is 0 Å². The van der Waals surface area contributed by atoms with Crippen molar-refractivity contribution in [2.24, 2.45) is 11.8 Å². The fraction of sp³-hybridized carbons (Fsp3) is 0.750. The van der Waals surface area contributed by atoms with Gasteiger partial charge in [0, 0.05) is 18.3 Å². The molecular weight excluding hydrogens is 234 g/mol. The molecule has 2 rings (SSSR count). The largest absolute Gasteiger partial charge is 0.370 e. The van der Waals surface area contributed by atoms with Crippen molar-refractivity contribution >= 4 is 5.82 Å². The minimum absolute atomic E-state index is 0.910. The molecule has 0 aromatic carbocycles. The molecule has 0 aliphatic heterocycles. The summed E-state index contributed by atoms with van der Waals surface area (Å²) in [5.74, 6) is 2.82. The van der Waals surface area contributed by atoms with Gasteiger partial charge in [0.2, 0.25) is 0 Å². The van der Waals surface area contributed by atoms with Crippen molar-refractivity contribution < 1.29 is 0 Å². The summed E-state index contributed by atoms with van der Waals surface area (Å²) in [6.45, 7) is 5.61. The number of aryl methyl sites for hydroxylation is 1. The van der Waals surface area contributed by atoms with E-state index in [9.17, 15) is 0 Å². The van der Waals surface area contributed by atoms with E-state index in [0.717, 1.165) is 42.7 Å². The van der Waals surface area contributed by atoms with E-state index in [1.54, 1.807) is 6.33 Å². The molecule has 1 saturated carbocycles. The molecule has 1 aromatic heterocycles. The van der Waals surface area contributed by atoms with Gasteiger partial charge in [-0.25, -0.2) is 9.97 Å². The molecule has 19 heavy (non-hydrogen) atoms. The summed E-state index contributed by atoms with van der Waals surface area (Å²) in [5, 5.41) is 3.45. The van der Waals surface area contributed by atoms with Gasteiger partial charge in [0.1, 0.15) is 12.1 Å². The lowest BCUT2D eigenvalue weighted by atomic mass is 9.81. The summed E-state index contributed by atoms with van der Waals surface area (Å²) in [5.41, 5.74) is 1.14. The van der Waals surface area contributed by atoms with Crippen molar-refractivity contribution in [3.8, 4) is 0 Å². The van der Waals surface area contributed by atoms with Crippen LogP contribution in [0, 0.1) is 11.8 Å². The van der Waals surface area contributed by atoms with Crippen molar-refractivity contribution in [2.45, 2.75) is 58.8 Å². The topological polar surface area (TPSA) is 37.8 Å². The van der Waals surface area contributed by atoms with E-state index in [4.69, 9.17) is 0 Å². The molecule has 1 fully saturated rings. The molecular formula is C16H27N3. The fourth-order valence-corrected chi connectivity index (χ4v) is 3.11. The van der Waals surface area contributed by atoms with Crippen molar-refractivity contribution in [3.05, 3.63) is 18.1 Å². The summed E-state index contributed by atoms with van der Waals surface area (Å²) >= 11 is 0. The Morgan fingerprint density at radius 1 is 1.32 bits per heavy atom. The zero-order valence-corrected chi connectivity index (χ0v) is 12.4. The first-order valence-electron chi connectivity index (χ1n) is 7.82. The Kier molecular flexibility index (Phi) is 5.62. The van der Waals surface area contributed by atoms with Crippen LogP contribution in [0.25, 0.3) is 0 Å². The van der Waals surface area contributed by atoms with Crippen LogP contribution in [0.3, 0.4) is 0 Å². The Hall–Kier alpha value is -1.12. The minimum Gasteiger partial charge on any atom is -0.370 e. The van der Waals surface area contributed by atoms with Gasteiger partial charge in [-0.2, -0.15) is 0 Å². The second kappa shape index (κ2) is 7.46. The van der Waals surface area contributed by atoms with Crippen molar-refractivity contribution in [1.29, 1.82) is 0 Å². The van der Waals surface area contributed by atoms with Crippen LogP contribution in [0.4, 0.5) is 5.82 Å². The van der Waals surface area contributed by atoms with E-state index in [1.165, 1.54) is 32.1 Å². The molecule has 1 heterocycles. The van der Waals surface area contributed by atoms with E-state index in [0.29, 0.717) is 0 Å². The third kappa shape index (κ3) is 4.81. The lowest BCUT2D eigenvalue weighted by Gasteiger charge is -2.26. The number of nitrogens with zero attached hydrogens (tertiary/aromatic N) is 2. The van der Waals surface area contributed by atoms with Crippen LogP contribution in [-0.4, -0.2) is 16.5 Å². The van der Waals surface area contributed by atoms with Gasteiger partial charge in [0.05, 0.1) is 0 Å². The summed E-state index contributed by atoms with van der Waals surface area (Å²) in [4.78, 5) is 8.58. The van der Waals surface area contributed by atoms with E-state index >= 15 is 0 Å². The monoisotopic (exact) mass is 261 g/mol. The van der Waals surface area contributed by atoms with Gasteiger partial charge in [-0.05, 0) is 31.1 Å². The summed E-state index contributed by atoms with van der Waals surface area (Å²) in [7, 11) is 0. The highest BCUT2D eigenvalue weighted by Gasteiger charge is 2.18. The van der Waals surface area contributed by atoms with E-state index in [-0.39, 0.29) is 0 Å². The third-order valence-corrected chi connectivity index (χ3v) is 4.13. The maximum atomic E-state index is 4.30. The van der Waals surface area contributed by atoms with Crippen LogP contribution in [0.5, 0.6) is 0 Å². The summed E-state index contributed by atoms with van der Waals surface area (Å²) in [6, 6.07) is 2.09. The lowest BCUT2D eigenvalue weighted by molar-refractivity contribution is 0.274. The fourth-order valence-electron chi connectivity index (χ4n) is 3.11. The van der Waals surface area contributed by atoms with Crippen LogP contribution < -0.4 is 5.32 Å². The second-order valence-corrected chi connectivity index (χ2v) is 6.00. The number of hydrogen-bond acceptors (Lipinski definition) is 3. The number of anilines is 1. The molecule has 2 atom stereocenters. The first-order chi connectivity index (χ1) is 9.28. The van der Waals surface area contributed by atoms with Crippen molar-refractivity contribution in [3.63, 3.8) is 0 Å². The summed E-state index contributed by atoms with van der Waals surface area (Å²) < 4.78 is 0. The van der Waals surface area contributed by atoms with Gasteiger partial charge >= 0.3 is 0 Å². The summed E-state index contributed by atoms with van der Waals surface area (Å²) in [6.07, 6.45) is 10.8. The van der Waals surface area contributed by atoms with Gasteiger partial charge < -0.3 is 5.32 Å². The quantitative estimate of drug-likeness (QED) is 0.839. The number of aromatic nitrogens is 2. The molecule has 1 aliphatic carbocycles. The van der Waals surface area contributed by atoms with Gasteiger partial charge in [0.25, 0.3) is 0 Å². The Balaban J connectivity index is 1.74. The maximum absolute atomic E-state index is 4.30. The van der Waals surface area contributed by atoms with E-state index in [2.05, 4.69) is 35.2 Å². The molecule has 1 N–H and O–H groups in total. The Labute approximate surface area is 117 Å². The first kappa shape index (κ1) is 14.3. The SMILES string of the molecule is CCCc1cc(NCCC2CCCC(C)C2)ncn1. The molecule has 0 saturated heterocycles. The highest BCUT2D eigenvalue weighted by molar-refractivity contribution is 5.34. The normalized spacial score (nSPS) is 23.3. The van der Waals surface area contributed by atoms with Gasteiger partial charge in [-0.1, -0.05) is 39.5 Å². The predicted molar refractivity (Wildman–Crippen MR) is 80.3 cm³/mol. The molecule has 3 nitrogen and oxygen atoms in total. The molecule has 0 bridgehead atoms. The first-order valence-corrected chi connectivity index (χ1v) is 7.82. The third-order valence-electron chi connectivity index (χ3n) is 4.13. The molecule has 0 spiro atoms. The number of hydrogen-bond donors (Lipinski definition) is 1. The zero-order valence-electron chi connectivity index (χ0n) is 12.4. The molecule has 1 aliphatic rings. The molecule has 106 valence electrons. The van der Waals surface area contributed by atoms with Crippen LogP contribution in [-0.2, 0) is 6.42 Å². The van der Waals surface area contributed by atoms with E-state index < -0.39 is 0 Å². The average molecular weight is 261 g/mol. The Bertz CT molecular complexity index is 378. The van der Waals surface area contributed by atoms with Crippen LogP contribution in [0.1, 0.15) is 58.1 Å². The number of rotatable bonds is 6. The molecule has 0 radical (unpaired) electrons. The van der Waals surface area contributed by atoms with Gasteiger partial charge in [-0.15, -0.1) is 0 Å². The highest BCUT2D eigenvalue weighted by Crippen LogP contribution is 2.30. The lowest BCUT2D eigenvalue weighted by Crippen LogP contribution is -2.17. The zero-order chi connectivity index (χ0) is 13.5. The van der Waals surface area contributed by atoms with Gasteiger partial charge in [0.15, 0.2) is 0 Å².